The first kappa shape index (κ1) is 29.4. The van der Waals surface area contributed by atoms with Crippen LogP contribution in [-0.4, -0.2) is 84.2 Å². The number of aliphatic hydroxyl groups is 1. The van der Waals surface area contributed by atoms with E-state index in [0.717, 1.165) is 18.6 Å². The number of hydrogen-bond donors (Lipinski definition) is 4. The summed E-state index contributed by atoms with van der Waals surface area (Å²) < 4.78 is 39.8. The van der Waals surface area contributed by atoms with Crippen molar-refractivity contribution in [3.8, 4) is 0 Å². The second kappa shape index (κ2) is 12.9. The summed E-state index contributed by atoms with van der Waals surface area (Å²) in [6.07, 6.45) is -3.51. The fourth-order valence-corrected chi connectivity index (χ4v) is 3.53. The summed E-state index contributed by atoms with van der Waals surface area (Å²) in [6, 6.07) is 1.50. The van der Waals surface area contributed by atoms with Crippen molar-refractivity contribution >= 4 is 23.5 Å². The first-order valence-electron chi connectivity index (χ1n) is 12.1. The zero-order valence-corrected chi connectivity index (χ0v) is 21.1. The van der Waals surface area contributed by atoms with Crippen LogP contribution in [0.2, 0.25) is 0 Å². The molecule has 1 aromatic rings. The Kier molecular flexibility index (Phi) is 10.5. The lowest BCUT2D eigenvalue weighted by Crippen LogP contribution is -2.52. The molecule has 1 heterocycles. The fourth-order valence-electron chi connectivity index (χ4n) is 3.53. The lowest BCUT2D eigenvalue weighted by Gasteiger charge is -2.31. The molecule has 2 rings (SSSR count). The Morgan fingerprint density at radius 2 is 1.86 bits per heavy atom. The van der Waals surface area contributed by atoms with E-state index >= 15 is 0 Å². The first-order valence-corrected chi connectivity index (χ1v) is 12.1. The maximum Gasteiger partial charge on any atom is 0.416 e. The molecule has 36 heavy (non-hydrogen) atoms. The molecule has 0 aromatic heterocycles. The minimum absolute atomic E-state index is 0.0902. The molecular weight excluding hydrogens is 479 g/mol. The van der Waals surface area contributed by atoms with Crippen LogP contribution in [0.25, 0.3) is 0 Å². The van der Waals surface area contributed by atoms with Gasteiger partial charge in [0.1, 0.15) is 0 Å². The van der Waals surface area contributed by atoms with E-state index in [1.165, 1.54) is 4.90 Å². The third-order valence-electron chi connectivity index (χ3n) is 6.15. The van der Waals surface area contributed by atoms with Crippen molar-refractivity contribution in [3.63, 3.8) is 0 Å². The average molecular weight is 516 g/mol. The van der Waals surface area contributed by atoms with E-state index < -0.39 is 53.8 Å². The van der Waals surface area contributed by atoms with Gasteiger partial charge in [-0.3, -0.25) is 9.59 Å². The van der Waals surface area contributed by atoms with Crippen LogP contribution in [-0.2, 0) is 11.0 Å². The molecule has 9 nitrogen and oxygen atoms in total. The van der Waals surface area contributed by atoms with Gasteiger partial charge in [-0.05, 0) is 51.9 Å². The Labute approximate surface area is 209 Å². The van der Waals surface area contributed by atoms with E-state index in [-0.39, 0.29) is 11.7 Å². The van der Waals surface area contributed by atoms with Gasteiger partial charge in [0.25, 0.3) is 5.91 Å². The van der Waals surface area contributed by atoms with Crippen LogP contribution in [0.15, 0.2) is 18.2 Å². The van der Waals surface area contributed by atoms with Gasteiger partial charge in [-0.1, -0.05) is 13.3 Å². The minimum Gasteiger partial charge on any atom is -0.391 e. The predicted molar refractivity (Wildman–Crippen MR) is 130 cm³/mol. The van der Waals surface area contributed by atoms with Gasteiger partial charge in [0, 0.05) is 25.7 Å². The number of nitrogens with one attached hydrogen (secondary N) is 3. The molecular formula is C24H36F3N5O4. The van der Waals surface area contributed by atoms with Gasteiger partial charge in [0.05, 0.1) is 35.5 Å². The monoisotopic (exact) mass is 515 g/mol. The van der Waals surface area contributed by atoms with Crippen LogP contribution in [0.3, 0.4) is 0 Å². The van der Waals surface area contributed by atoms with Gasteiger partial charge in [-0.2, -0.15) is 13.2 Å². The normalized spacial score (nSPS) is 15.3. The van der Waals surface area contributed by atoms with Gasteiger partial charge in [0.2, 0.25) is 5.91 Å². The van der Waals surface area contributed by atoms with Crippen molar-refractivity contribution in [3.05, 3.63) is 29.3 Å². The predicted octanol–water partition coefficient (Wildman–Crippen LogP) is 2.66. The number of amides is 4. The minimum atomic E-state index is -4.70. The van der Waals surface area contributed by atoms with Gasteiger partial charge in [-0.25, -0.2) is 4.79 Å². The zero-order valence-electron chi connectivity index (χ0n) is 21.1. The highest BCUT2D eigenvalue weighted by Crippen LogP contribution is 2.32. The third-order valence-corrected chi connectivity index (χ3v) is 6.15. The lowest BCUT2D eigenvalue weighted by molar-refractivity contribution is -0.137. The first-order chi connectivity index (χ1) is 16.8. The Morgan fingerprint density at radius 3 is 2.39 bits per heavy atom. The third kappa shape index (κ3) is 8.37. The Bertz CT molecular complexity index is 922. The van der Waals surface area contributed by atoms with E-state index in [9.17, 15) is 32.7 Å². The molecule has 4 amide bonds. The summed E-state index contributed by atoms with van der Waals surface area (Å²) in [6.45, 7) is 6.74. The highest BCUT2D eigenvalue weighted by Gasteiger charge is 2.32. The molecule has 1 aromatic carbocycles. The largest absolute Gasteiger partial charge is 0.416 e. The summed E-state index contributed by atoms with van der Waals surface area (Å²) in [5.74, 6) is -1.54. The lowest BCUT2D eigenvalue weighted by atomic mass is 10.1. The Morgan fingerprint density at radius 1 is 1.19 bits per heavy atom. The summed E-state index contributed by atoms with van der Waals surface area (Å²) in [4.78, 5) is 41.0. The Hall–Kier alpha value is -2.86. The van der Waals surface area contributed by atoms with Crippen LogP contribution in [0.4, 0.5) is 23.7 Å². The number of aliphatic hydroxyl groups excluding tert-OH is 1. The van der Waals surface area contributed by atoms with E-state index in [2.05, 4.69) is 16.0 Å². The summed E-state index contributed by atoms with van der Waals surface area (Å²) in [7, 11) is 1.86. The van der Waals surface area contributed by atoms with Crippen molar-refractivity contribution in [2.75, 3.05) is 38.5 Å². The molecule has 1 aliphatic rings. The van der Waals surface area contributed by atoms with E-state index in [0.29, 0.717) is 38.5 Å². The number of nitrogens with zero attached hydrogens (tertiary/aromatic N) is 2. The maximum atomic E-state index is 13.3. The van der Waals surface area contributed by atoms with Gasteiger partial charge >= 0.3 is 12.2 Å². The number of alkyl halides is 3. The van der Waals surface area contributed by atoms with Crippen LogP contribution in [0, 0.1) is 0 Å². The number of benzene rings is 1. The highest BCUT2D eigenvalue weighted by atomic mass is 19.4. The molecule has 4 N–H and O–H groups in total. The number of halogens is 3. The van der Waals surface area contributed by atoms with Crippen molar-refractivity contribution in [1.29, 1.82) is 0 Å². The smallest absolute Gasteiger partial charge is 0.391 e. The average Bonchev–Trinajstić information content (AvgIpc) is 2.75. The molecule has 202 valence electrons. The number of likely N-dealkylation sites (N-methyl/N-ethyl adjacent to an activating group) is 1. The second-order valence-corrected chi connectivity index (χ2v) is 9.27. The number of hydrogen-bond acceptors (Lipinski definition) is 5. The van der Waals surface area contributed by atoms with Crippen LogP contribution < -0.4 is 16.0 Å². The van der Waals surface area contributed by atoms with Crippen LogP contribution in [0.5, 0.6) is 0 Å². The molecule has 1 aliphatic heterocycles. The molecule has 12 heteroatoms. The molecule has 0 unspecified atom stereocenters. The van der Waals surface area contributed by atoms with Crippen LogP contribution in [0.1, 0.15) is 56.0 Å². The molecule has 0 radical (unpaired) electrons. The number of rotatable bonds is 11. The standard InChI is InChI=1S/C24H36F3N5O4/c1-5-7-20(33)19(14-31(4)15(2)3)29-21(34)13-28-22(35)17-12-16(24(25,26)27)8-9-18(17)30-23(36)32-10-6-11-32/h8-9,12,15,19-20,33H,5-7,10-11,13-14H2,1-4H3,(H,28,35)(H,29,34)(H,30,36)/t19-,20-/m0/s1. The molecule has 0 spiro atoms. The molecule has 1 saturated heterocycles. The zero-order chi connectivity index (χ0) is 27.0. The van der Waals surface area contributed by atoms with Crippen molar-refractivity contribution in [1.82, 2.24) is 20.4 Å². The Balaban J connectivity index is 2.12. The number of urea groups is 1. The van der Waals surface area contributed by atoms with Crippen molar-refractivity contribution in [2.24, 2.45) is 0 Å². The molecule has 0 bridgehead atoms. The SMILES string of the molecule is CCC[C@H](O)[C@H](CN(C)C(C)C)NC(=O)CNC(=O)c1cc(C(F)(F)F)ccc1NC(=O)N1CCC1. The van der Waals surface area contributed by atoms with E-state index in [1.54, 1.807) is 0 Å². The number of likely N-dealkylation sites (tertiary alicyclic amines) is 1. The van der Waals surface area contributed by atoms with Gasteiger partial charge < -0.3 is 30.9 Å². The summed E-state index contributed by atoms with van der Waals surface area (Å²) in [5.41, 5.74) is -1.56. The van der Waals surface area contributed by atoms with E-state index in [1.807, 2.05) is 32.7 Å². The highest BCUT2D eigenvalue weighted by molar-refractivity contribution is 6.04. The van der Waals surface area contributed by atoms with E-state index in [4.69, 9.17) is 0 Å². The van der Waals surface area contributed by atoms with Gasteiger partial charge in [-0.15, -0.1) is 0 Å². The number of anilines is 1. The molecule has 1 fully saturated rings. The molecule has 0 aliphatic carbocycles. The second-order valence-electron chi connectivity index (χ2n) is 9.27. The maximum absolute atomic E-state index is 13.3. The summed E-state index contributed by atoms with van der Waals surface area (Å²) in [5, 5.41) is 18.0. The number of carbonyl (C=O) groups excluding carboxylic acids is 3. The van der Waals surface area contributed by atoms with Crippen LogP contribution >= 0.6 is 0 Å². The van der Waals surface area contributed by atoms with Gasteiger partial charge in [0.15, 0.2) is 0 Å². The fraction of sp³-hybridized carbons (Fsp3) is 0.625. The van der Waals surface area contributed by atoms with Crippen molar-refractivity contribution < 1.29 is 32.7 Å². The number of carbonyl (C=O) groups is 3. The quantitative estimate of drug-likeness (QED) is 0.362. The molecule has 0 saturated carbocycles. The topological polar surface area (TPSA) is 114 Å². The van der Waals surface area contributed by atoms with Crippen molar-refractivity contribution in [2.45, 2.75) is 64.4 Å². The summed E-state index contributed by atoms with van der Waals surface area (Å²) >= 11 is 0. The molecule has 2 atom stereocenters.